The van der Waals surface area contributed by atoms with Crippen LogP contribution in [0.15, 0.2) is 18.2 Å². The van der Waals surface area contributed by atoms with Gasteiger partial charge in [-0.1, -0.05) is 6.07 Å². The second-order valence-electron chi connectivity index (χ2n) is 2.79. The molecule has 6 nitrogen and oxygen atoms in total. The molecule has 0 saturated carbocycles. The van der Waals surface area contributed by atoms with E-state index in [1.807, 2.05) is 0 Å². The second kappa shape index (κ2) is 5.08. The van der Waals surface area contributed by atoms with Crippen LogP contribution in [0.4, 0.5) is 0 Å². The van der Waals surface area contributed by atoms with Crippen LogP contribution in [0.1, 0.15) is 11.7 Å². The molecule has 0 spiro atoms. The van der Waals surface area contributed by atoms with Gasteiger partial charge in [-0.25, -0.2) is 0 Å². The summed E-state index contributed by atoms with van der Waals surface area (Å²) < 4.78 is 23.5. The van der Waals surface area contributed by atoms with Gasteiger partial charge in [0.05, 0.1) is 0 Å². The van der Waals surface area contributed by atoms with Gasteiger partial charge in [0.25, 0.3) is 0 Å². The molecule has 1 aromatic rings. The molecule has 0 radical (unpaired) electrons. The van der Waals surface area contributed by atoms with Gasteiger partial charge < -0.3 is 15.9 Å². The molecule has 0 aliphatic heterocycles. The van der Waals surface area contributed by atoms with Crippen LogP contribution < -0.4 is 5.73 Å². The summed E-state index contributed by atoms with van der Waals surface area (Å²) in [5.74, 6) is -0.613. The first kappa shape index (κ1) is 11.9. The van der Waals surface area contributed by atoms with Crippen molar-refractivity contribution in [2.24, 2.45) is 5.73 Å². The predicted molar refractivity (Wildman–Crippen MR) is 53.4 cm³/mol. The summed E-state index contributed by atoms with van der Waals surface area (Å²) in [5.41, 5.74) is 5.74. The molecule has 15 heavy (non-hydrogen) atoms. The number of rotatable bonds is 4. The molecule has 5 N–H and O–H groups in total. The molecule has 0 aromatic heterocycles. The Kier molecular flexibility index (Phi) is 4.04. The average molecular weight is 233 g/mol. The van der Waals surface area contributed by atoms with Gasteiger partial charge in [0.1, 0.15) is 6.10 Å². The summed E-state index contributed by atoms with van der Waals surface area (Å²) in [6, 6.07) is 3.91. The van der Waals surface area contributed by atoms with Crippen molar-refractivity contribution in [3.8, 4) is 11.5 Å². The number of benzene rings is 1. The maximum absolute atomic E-state index is 10.4. The van der Waals surface area contributed by atoms with Crippen LogP contribution in [0, 0.1) is 0 Å². The maximum Gasteiger partial charge on any atom is 0.302 e. The maximum atomic E-state index is 10.4. The molecule has 0 aliphatic carbocycles. The zero-order valence-electron chi connectivity index (χ0n) is 7.66. The zero-order valence-corrected chi connectivity index (χ0v) is 8.48. The SMILES string of the molecule is NC[C@H](OS(=O)O)c1ccc(O)c(O)c1. The zero-order chi connectivity index (χ0) is 11.4. The molecule has 2 atom stereocenters. The third-order valence-corrected chi connectivity index (χ3v) is 2.18. The molecule has 1 aromatic carbocycles. The van der Waals surface area contributed by atoms with Gasteiger partial charge in [0.15, 0.2) is 11.5 Å². The van der Waals surface area contributed by atoms with Gasteiger partial charge in [-0.05, 0) is 17.7 Å². The Hall–Kier alpha value is -1.15. The van der Waals surface area contributed by atoms with Crippen LogP contribution in [0.2, 0.25) is 0 Å². The second-order valence-corrected chi connectivity index (χ2v) is 3.41. The van der Waals surface area contributed by atoms with Crippen LogP contribution in [0.3, 0.4) is 0 Å². The van der Waals surface area contributed by atoms with E-state index in [4.69, 9.17) is 15.4 Å². The molecule has 0 bridgehead atoms. The lowest BCUT2D eigenvalue weighted by Crippen LogP contribution is -2.16. The van der Waals surface area contributed by atoms with Crippen LogP contribution in [0.5, 0.6) is 11.5 Å². The van der Waals surface area contributed by atoms with E-state index in [-0.39, 0.29) is 18.0 Å². The third-order valence-electron chi connectivity index (χ3n) is 1.78. The topological polar surface area (TPSA) is 113 Å². The van der Waals surface area contributed by atoms with Crippen molar-refractivity contribution < 1.29 is 23.2 Å². The van der Waals surface area contributed by atoms with E-state index in [1.165, 1.54) is 18.2 Å². The van der Waals surface area contributed by atoms with Crippen molar-refractivity contribution in [1.82, 2.24) is 0 Å². The van der Waals surface area contributed by atoms with Crippen molar-refractivity contribution >= 4 is 11.4 Å². The number of hydrogen-bond acceptors (Lipinski definition) is 5. The Morgan fingerprint density at radius 2 is 2.07 bits per heavy atom. The molecule has 1 rings (SSSR count). The van der Waals surface area contributed by atoms with E-state index in [0.717, 1.165) is 0 Å². The monoisotopic (exact) mass is 233 g/mol. The summed E-state index contributed by atoms with van der Waals surface area (Å²) in [6.07, 6.45) is -0.803. The van der Waals surface area contributed by atoms with E-state index < -0.39 is 17.5 Å². The van der Waals surface area contributed by atoms with E-state index in [1.54, 1.807) is 0 Å². The summed E-state index contributed by atoms with van der Waals surface area (Å²) in [5, 5.41) is 18.2. The molecule has 0 saturated heterocycles. The minimum absolute atomic E-state index is 0.0173. The minimum Gasteiger partial charge on any atom is -0.504 e. The molecular formula is C8H11NO5S. The number of hydrogen-bond donors (Lipinski definition) is 4. The van der Waals surface area contributed by atoms with Crippen LogP contribution >= 0.6 is 0 Å². The summed E-state index contributed by atoms with van der Waals surface area (Å²) >= 11 is -2.43. The molecule has 84 valence electrons. The van der Waals surface area contributed by atoms with Crippen LogP contribution in [0.25, 0.3) is 0 Å². The molecular weight excluding hydrogens is 222 g/mol. The molecule has 1 unspecified atom stereocenters. The molecule has 0 fully saturated rings. The first-order chi connectivity index (χ1) is 7.04. The number of phenols is 2. The summed E-state index contributed by atoms with van der Waals surface area (Å²) in [4.78, 5) is 0. The lowest BCUT2D eigenvalue weighted by Gasteiger charge is -2.13. The molecule has 7 heteroatoms. The van der Waals surface area contributed by atoms with Crippen molar-refractivity contribution in [2.45, 2.75) is 6.10 Å². The minimum atomic E-state index is -2.43. The van der Waals surface area contributed by atoms with Crippen LogP contribution in [-0.2, 0) is 15.5 Å². The summed E-state index contributed by atoms with van der Waals surface area (Å²) in [7, 11) is 0. The first-order valence-corrected chi connectivity index (χ1v) is 5.07. The lowest BCUT2D eigenvalue weighted by atomic mass is 10.1. The Labute approximate surface area is 88.8 Å². The van der Waals surface area contributed by atoms with Crippen molar-refractivity contribution in [1.29, 1.82) is 0 Å². The fraction of sp³-hybridized carbons (Fsp3) is 0.250. The van der Waals surface area contributed by atoms with E-state index in [0.29, 0.717) is 5.56 Å². The Bertz CT molecular complexity index is 370. The van der Waals surface area contributed by atoms with Gasteiger partial charge in [0, 0.05) is 6.54 Å². The van der Waals surface area contributed by atoms with Gasteiger partial charge in [-0.15, -0.1) is 0 Å². The largest absolute Gasteiger partial charge is 0.504 e. The number of aromatic hydroxyl groups is 2. The number of nitrogens with two attached hydrogens (primary N) is 1. The fourth-order valence-electron chi connectivity index (χ4n) is 1.07. The molecule has 0 heterocycles. The van der Waals surface area contributed by atoms with Gasteiger partial charge in [0.2, 0.25) is 0 Å². The average Bonchev–Trinajstić information content (AvgIpc) is 2.18. The molecule has 0 aliphatic rings. The smallest absolute Gasteiger partial charge is 0.302 e. The Balaban J connectivity index is 2.92. The van der Waals surface area contributed by atoms with Gasteiger partial charge in [-0.2, -0.15) is 4.21 Å². The first-order valence-electron chi connectivity index (χ1n) is 4.04. The van der Waals surface area contributed by atoms with Gasteiger partial charge >= 0.3 is 11.4 Å². The normalized spacial score (nSPS) is 14.8. The van der Waals surface area contributed by atoms with Crippen molar-refractivity contribution in [3.63, 3.8) is 0 Å². The van der Waals surface area contributed by atoms with Crippen LogP contribution in [-0.4, -0.2) is 25.5 Å². The Morgan fingerprint density at radius 1 is 1.40 bits per heavy atom. The number of phenolic OH excluding ortho intramolecular Hbond substituents is 2. The fourth-order valence-corrected chi connectivity index (χ4v) is 1.46. The van der Waals surface area contributed by atoms with Gasteiger partial charge in [-0.3, -0.25) is 8.74 Å². The highest BCUT2D eigenvalue weighted by atomic mass is 32.2. The van der Waals surface area contributed by atoms with Crippen molar-refractivity contribution in [2.75, 3.05) is 6.54 Å². The van der Waals surface area contributed by atoms with E-state index >= 15 is 0 Å². The standard InChI is InChI=1S/C8H11NO5S/c9-4-8(14-15(12)13)5-1-2-6(10)7(11)3-5/h1-3,8,10-11H,4,9H2,(H,12,13)/t8-/m0/s1. The lowest BCUT2D eigenvalue weighted by molar-refractivity contribution is 0.215. The Morgan fingerprint density at radius 3 is 2.53 bits per heavy atom. The van der Waals surface area contributed by atoms with E-state index in [9.17, 15) is 9.32 Å². The molecule has 0 amide bonds. The van der Waals surface area contributed by atoms with E-state index in [2.05, 4.69) is 4.18 Å². The predicted octanol–water partition coefficient (Wildman–Crippen LogP) is 0.251. The quantitative estimate of drug-likeness (QED) is 0.438. The highest BCUT2D eigenvalue weighted by Gasteiger charge is 2.14. The highest BCUT2D eigenvalue weighted by Crippen LogP contribution is 2.28. The third kappa shape index (κ3) is 3.17. The van der Waals surface area contributed by atoms with Crippen molar-refractivity contribution in [3.05, 3.63) is 23.8 Å². The summed E-state index contributed by atoms with van der Waals surface area (Å²) in [6.45, 7) is -0.0173. The highest BCUT2D eigenvalue weighted by molar-refractivity contribution is 7.74.